The molecule has 0 bridgehead atoms. The SMILES string of the molecule is CCNC(/C1=C/CCCCCC1)c1ccccc1. The zero-order valence-corrected chi connectivity index (χ0v) is 11.5. The standard InChI is InChI=1S/C17H25N/c1-2-18-17(16-13-9-6-10-14-16)15-11-7-4-3-5-8-12-15/h6,9-11,13-14,17-18H,2-5,7-8,12H2,1H3/b15-11+. The Morgan fingerprint density at radius 2 is 1.83 bits per heavy atom. The van der Waals surface area contributed by atoms with Crippen LogP contribution in [-0.2, 0) is 0 Å². The van der Waals surface area contributed by atoms with Crippen molar-refractivity contribution in [2.24, 2.45) is 0 Å². The maximum absolute atomic E-state index is 3.65. The zero-order valence-electron chi connectivity index (χ0n) is 11.5. The van der Waals surface area contributed by atoms with Crippen molar-refractivity contribution in [3.63, 3.8) is 0 Å². The first-order valence-electron chi connectivity index (χ1n) is 7.39. The molecule has 0 amide bonds. The summed E-state index contributed by atoms with van der Waals surface area (Å²) < 4.78 is 0. The highest BCUT2D eigenvalue weighted by Crippen LogP contribution is 2.28. The molecule has 1 nitrogen and oxygen atoms in total. The molecule has 18 heavy (non-hydrogen) atoms. The molecule has 1 unspecified atom stereocenters. The van der Waals surface area contributed by atoms with E-state index in [1.54, 1.807) is 5.57 Å². The minimum absolute atomic E-state index is 0.425. The predicted molar refractivity (Wildman–Crippen MR) is 78.6 cm³/mol. The summed E-state index contributed by atoms with van der Waals surface area (Å²) in [7, 11) is 0. The summed E-state index contributed by atoms with van der Waals surface area (Å²) in [4.78, 5) is 0. The summed E-state index contributed by atoms with van der Waals surface area (Å²) in [5.41, 5.74) is 3.01. The van der Waals surface area contributed by atoms with Crippen molar-refractivity contribution < 1.29 is 0 Å². The number of allylic oxidation sites excluding steroid dienone is 1. The number of rotatable bonds is 4. The molecule has 0 saturated heterocycles. The molecule has 1 aromatic rings. The van der Waals surface area contributed by atoms with Crippen molar-refractivity contribution in [3.8, 4) is 0 Å². The van der Waals surface area contributed by atoms with Crippen LogP contribution in [-0.4, -0.2) is 6.54 Å². The van der Waals surface area contributed by atoms with Crippen LogP contribution in [0.25, 0.3) is 0 Å². The van der Waals surface area contributed by atoms with Gasteiger partial charge in [0.2, 0.25) is 0 Å². The molecule has 98 valence electrons. The first kappa shape index (κ1) is 13.4. The number of likely N-dealkylation sites (N-methyl/N-ethyl adjacent to an activating group) is 1. The van der Waals surface area contributed by atoms with Crippen LogP contribution < -0.4 is 5.32 Å². The second-order valence-corrected chi connectivity index (χ2v) is 5.13. The van der Waals surface area contributed by atoms with Crippen LogP contribution in [0.2, 0.25) is 0 Å². The second kappa shape index (κ2) is 7.38. The van der Waals surface area contributed by atoms with Crippen LogP contribution in [0.1, 0.15) is 57.1 Å². The predicted octanol–water partition coefficient (Wildman–Crippen LogP) is 4.62. The van der Waals surface area contributed by atoms with Gasteiger partial charge < -0.3 is 5.32 Å². The van der Waals surface area contributed by atoms with E-state index in [0.29, 0.717) is 6.04 Å². The van der Waals surface area contributed by atoms with Crippen LogP contribution >= 0.6 is 0 Å². The Hall–Kier alpha value is -1.08. The summed E-state index contributed by atoms with van der Waals surface area (Å²) in [6.07, 6.45) is 10.5. The fourth-order valence-corrected chi connectivity index (χ4v) is 2.79. The molecule has 1 aliphatic rings. The Morgan fingerprint density at radius 1 is 1.06 bits per heavy atom. The molecule has 2 rings (SSSR count). The first-order chi connectivity index (χ1) is 8.92. The largest absolute Gasteiger partial charge is 0.307 e. The fraction of sp³-hybridized carbons (Fsp3) is 0.529. The molecule has 0 aliphatic heterocycles. The summed E-state index contributed by atoms with van der Waals surface area (Å²) in [6.45, 7) is 3.22. The average Bonchev–Trinajstić information content (AvgIpc) is 2.38. The Bertz CT molecular complexity index is 366. The third-order valence-electron chi connectivity index (χ3n) is 3.74. The summed E-state index contributed by atoms with van der Waals surface area (Å²) in [5.74, 6) is 0. The molecular formula is C17H25N. The molecule has 0 radical (unpaired) electrons. The van der Waals surface area contributed by atoms with E-state index in [4.69, 9.17) is 0 Å². The maximum Gasteiger partial charge on any atom is 0.0535 e. The Labute approximate surface area is 111 Å². The molecular weight excluding hydrogens is 218 g/mol. The Balaban J connectivity index is 2.17. The topological polar surface area (TPSA) is 12.0 Å². The van der Waals surface area contributed by atoms with Gasteiger partial charge in [0.25, 0.3) is 0 Å². The van der Waals surface area contributed by atoms with E-state index in [-0.39, 0.29) is 0 Å². The third kappa shape index (κ3) is 3.71. The molecule has 0 spiro atoms. The molecule has 1 atom stereocenters. The van der Waals surface area contributed by atoms with Gasteiger partial charge in [-0.3, -0.25) is 0 Å². The van der Waals surface area contributed by atoms with Crippen molar-refractivity contribution in [2.45, 2.75) is 51.5 Å². The molecule has 1 aliphatic carbocycles. The van der Waals surface area contributed by atoms with E-state index in [9.17, 15) is 0 Å². The van der Waals surface area contributed by atoms with Crippen LogP contribution in [0, 0.1) is 0 Å². The van der Waals surface area contributed by atoms with E-state index < -0.39 is 0 Å². The zero-order chi connectivity index (χ0) is 12.6. The van der Waals surface area contributed by atoms with Gasteiger partial charge in [0.15, 0.2) is 0 Å². The molecule has 0 saturated carbocycles. The van der Waals surface area contributed by atoms with Gasteiger partial charge >= 0.3 is 0 Å². The van der Waals surface area contributed by atoms with Gasteiger partial charge in [-0.25, -0.2) is 0 Å². The van der Waals surface area contributed by atoms with Crippen LogP contribution in [0.15, 0.2) is 42.0 Å². The molecule has 0 fully saturated rings. The number of hydrogen-bond acceptors (Lipinski definition) is 1. The van der Waals surface area contributed by atoms with Crippen molar-refractivity contribution in [1.29, 1.82) is 0 Å². The highest BCUT2D eigenvalue weighted by molar-refractivity contribution is 5.28. The van der Waals surface area contributed by atoms with Gasteiger partial charge in [-0.2, -0.15) is 0 Å². The summed E-state index contributed by atoms with van der Waals surface area (Å²) in [5, 5.41) is 3.65. The van der Waals surface area contributed by atoms with E-state index in [0.717, 1.165) is 6.54 Å². The molecule has 0 heterocycles. The van der Waals surface area contributed by atoms with E-state index >= 15 is 0 Å². The minimum atomic E-state index is 0.425. The smallest absolute Gasteiger partial charge is 0.0535 e. The average molecular weight is 243 g/mol. The summed E-state index contributed by atoms with van der Waals surface area (Å²) >= 11 is 0. The van der Waals surface area contributed by atoms with Gasteiger partial charge in [-0.1, -0.05) is 61.7 Å². The fourth-order valence-electron chi connectivity index (χ4n) is 2.79. The molecule has 1 N–H and O–H groups in total. The van der Waals surface area contributed by atoms with E-state index in [1.807, 2.05) is 0 Å². The molecule has 0 aromatic heterocycles. The van der Waals surface area contributed by atoms with Crippen molar-refractivity contribution >= 4 is 0 Å². The van der Waals surface area contributed by atoms with Gasteiger partial charge in [-0.05, 0) is 37.8 Å². The van der Waals surface area contributed by atoms with Crippen molar-refractivity contribution in [3.05, 3.63) is 47.5 Å². The van der Waals surface area contributed by atoms with E-state index in [2.05, 4.69) is 48.6 Å². The van der Waals surface area contributed by atoms with Gasteiger partial charge in [0, 0.05) is 0 Å². The summed E-state index contributed by atoms with van der Waals surface area (Å²) in [6, 6.07) is 11.3. The second-order valence-electron chi connectivity index (χ2n) is 5.13. The molecule has 1 heteroatoms. The Kier molecular flexibility index (Phi) is 5.47. The number of nitrogens with one attached hydrogen (secondary N) is 1. The lowest BCUT2D eigenvalue weighted by atomic mass is 9.91. The highest BCUT2D eigenvalue weighted by Gasteiger charge is 2.15. The lowest BCUT2D eigenvalue weighted by molar-refractivity contribution is 0.554. The van der Waals surface area contributed by atoms with Gasteiger partial charge in [0.05, 0.1) is 6.04 Å². The molecule has 1 aromatic carbocycles. The van der Waals surface area contributed by atoms with Crippen LogP contribution in [0.4, 0.5) is 0 Å². The number of hydrogen-bond donors (Lipinski definition) is 1. The van der Waals surface area contributed by atoms with E-state index in [1.165, 1.54) is 44.1 Å². The van der Waals surface area contributed by atoms with Crippen LogP contribution in [0.3, 0.4) is 0 Å². The quantitative estimate of drug-likeness (QED) is 0.761. The maximum atomic E-state index is 3.65. The minimum Gasteiger partial charge on any atom is -0.307 e. The normalized spacial score (nSPS) is 21.5. The van der Waals surface area contributed by atoms with Crippen LogP contribution in [0.5, 0.6) is 0 Å². The van der Waals surface area contributed by atoms with Gasteiger partial charge in [0.1, 0.15) is 0 Å². The monoisotopic (exact) mass is 243 g/mol. The third-order valence-corrected chi connectivity index (χ3v) is 3.74. The van der Waals surface area contributed by atoms with Gasteiger partial charge in [-0.15, -0.1) is 0 Å². The Morgan fingerprint density at radius 3 is 2.61 bits per heavy atom. The first-order valence-corrected chi connectivity index (χ1v) is 7.39. The van der Waals surface area contributed by atoms with Crippen molar-refractivity contribution in [1.82, 2.24) is 5.32 Å². The number of benzene rings is 1. The highest BCUT2D eigenvalue weighted by atomic mass is 14.9. The van der Waals surface area contributed by atoms with Crippen molar-refractivity contribution in [2.75, 3.05) is 6.54 Å². The lowest BCUT2D eigenvalue weighted by Crippen LogP contribution is -2.23. The lowest BCUT2D eigenvalue weighted by Gasteiger charge is -2.23.